The Hall–Kier alpha value is -1.64. The second-order valence-corrected chi connectivity index (χ2v) is 7.86. The number of nitrogens with one attached hydrogen (secondary N) is 2. The molecular formula is C25H38N2. The van der Waals surface area contributed by atoms with E-state index in [4.69, 9.17) is 0 Å². The van der Waals surface area contributed by atoms with Crippen LogP contribution in [-0.2, 0) is 12.8 Å². The molecule has 0 aliphatic heterocycles. The Morgan fingerprint density at radius 2 is 0.926 bits per heavy atom. The lowest BCUT2D eigenvalue weighted by atomic mass is 10.1. The Kier molecular flexibility index (Phi) is 10.8. The summed E-state index contributed by atoms with van der Waals surface area (Å²) in [4.78, 5) is 0. The van der Waals surface area contributed by atoms with Crippen molar-refractivity contribution >= 4 is 0 Å². The van der Waals surface area contributed by atoms with Crippen molar-refractivity contribution in [3.8, 4) is 0 Å². The van der Waals surface area contributed by atoms with Gasteiger partial charge in [0.25, 0.3) is 0 Å². The minimum absolute atomic E-state index is 0.558. The third-order valence-electron chi connectivity index (χ3n) is 5.11. The van der Waals surface area contributed by atoms with Gasteiger partial charge in [-0.1, -0.05) is 79.9 Å². The molecule has 0 saturated carbocycles. The fraction of sp³-hybridized carbons (Fsp3) is 0.520. The highest BCUT2D eigenvalue weighted by Gasteiger charge is 2.03. The molecule has 2 aromatic carbocycles. The van der Waals surface area contributed by atoms with Crippen molar-refractivity contribution in [2.24, 2.45) is 0 Å². The molecule has 0 fully saturated rings. The van der Waals surface area contributed by atoms with Crippen LogP contribution in [0.5, 0.6) is 0 Å². The molecule has 0 unspecified atom stereocenters. The van der Waals surface area contributed by atoms with Gasteiger partial charge in [-0.2, -0.15) is 0 Å². The van der Waals surface area contributed by atoms with Crippen molar-refractivity contribution in [1.29, 1.82) is 0 Å². The molecule has 2 heteroatoms. The van der Waals surface area contributed by atoms with Crippen molar-refractivity contribution in [1.82, 2.24) is 10.6 Å². The number of benzene rings is 2. The zero-order valence-electron chi connectivity index (χ0n) is 17.3. The minimum Gasteiger partial charge on any atom is -0.314 e. The van der Waals surface area contributed by atoms with E-state index in [0.717, 1.165) is 25.9 Å². The topological polar surface area (TPSA) is 24.1 Å². The molecule has 0 radical (unpaired) electrons. The Balaban J connectivity index is 1.39. The molecule has 0 aliphatic rings. The number of rotatable bonds is 14. The smallest absolute Gasteiger partial charge is 0.00791 e. The summed E-state index contributed by atoms with van der Waals surface area (Å²) in [5, 5.41) is 7.32. The van der Waals surface area contributed by atoms with Gasteiger partial charge in [-0.05, 0) is 63.7 Å². The van der Waals surface area contributed by atoms with Crippen LogP contribution < -0.4 is 10.6 Å². The maximum atomic E-state index is 3.66. The molecule has 0 saturated heterocycles. The predicted octanol–water partition coefficient (Wildman–Crippen LogP) is 5.38. The standard InChI is InChI=1S/C25H38N2/c1-22(20-24-14-8-6-9-15-24)26-18-12-4-3-5-13-19-27-23(2)21-25-16-10-7-11-17-25/h6-11,14-17,22-23,26-27H,3-5,12-13,18-21H2,1-2H3/t22-,23-/m1/s1. The van der Waals surface area contributed by atoms with Crippen LogP contribution in [-0.4, -0.2) is 25.2 Å². The molecule has 2 nitrogen and oxygen atoms in total. The largest absolute Gasteiger partial charge is 0.314 e. The van der Waals surface area contributed by atoms with E-state index in [2.05, 4.69) is 85.1 Å². The summed E-state index contributed by atoms with van der Waals surface area (Å²) in [5.41, 5.74) is 2.85. The van der Waals surface area contributed by atoms with Gasteiger partial charge < -0.3 is 10.6 Å². The zero-order chi connectivity index (χ0) is 19.2. The summed E-state index contributed by atoms with van der Waals surface area (Å²) in [6.07, 6.45) is 8.84. The minimum atomic E-state index is 0.558. The quantitative estimate of drug-likeness (QED) is 0.439. The highest BCUT2D eigenvalue weighted by molar-refractivity contribution is 5.16. The molecule has 2 rings (SSSR count). The number of hydrogen-bond acceptors (Lipinski definition) is 2. The first-order chi connectivity index (χ1) is 13.2. The van der Waals surface area contributed by atoms with Crippen LogP contribution in [0, 0.1) is 0 Å². The van der Waals surface area contributed by atoms with Gasteiger partial charge in [0, 0.05) is 12.1 Å². The normalized spacial score (nSPS) is 13.4. The SMILES string of the molecule is C[C@H](Cc1ccccc1)NCCCCCCCN[C@H](C)Cc1ccccc1. The first-order valence-corrected chi connectivity index (χ1v) is 10.8. The van der Waals surface area contributed by atoms with E-state index in [1.54, 1.807) is 0 Å². The third-order valence-corrected chi connectivity index (χ3v) is 5.11. The summed E-state index contributed by atoms with van der Waals surface area (Å²) in [7, 11) is 0. The average molecular weight is 367 g/mol. The molecule has 0 amide bonds. The van der Waals surface area contributed by atoms with Gasteiger partial charge in [0.1, 0.15) is 0 Å². The zero-order valence-corrected chi connectivity index (χ0v) is 17.3. The van der Waals surface area contributed by atoms with Gasteiger partial charge in [-0.25, -0.2) is 0 Å². The molecule has 0 bridgehead atoms. The number of unbranched alkanes of at least 4 members (excludes halogenated alkanes) is 4. The van der Waals surface area contributed by atoms with E-state index in [0.29, 0.717) is 12.1 Å². The van der Waals surface area contributed by atoms with Gasteiger partial charge in [-0.3, -0.25) is 0 Å². The van der Waals surface area contributed by atoms with Crippen molar-refractivity contribution in [3.05, 3.63) is 71.8 Å². The molecule has 27 heavy (non-hydrogen) atoms. The van der Waals surface area contributed by atoms with Gasteiger partial charge in [0.05, 0.1) is 0 Å². The Bertz CT molecular complexity index is 528. The van der Waals surface area contributed by atoms with E-state index in [-0.39, 0.29) is 0 Å². The predicted molar refractivity (Wildman–Crippen MR) is 118 cm³/mol. The van der Waals surface area contributed by atoms with E-state index < -0.39 is 0 Å². The van der Waals surface area contributed by atoms with Crippen LogP contribution in [0.4, 0.5) is 0 Å². The summed E-state index contributed by atoms with van der Waals surface area (Å²) in [6.45, 7) is 6.85. The summed E-state index contributed by atoms with van der Waals surface area (Å²) in [6, 6.07) is 22.6. The van der Waals surface area contributed by atoms with Gasteiger partial charge >= 0.3 is 0 Å². The Morgan fingerprint density at radius 3 is 1.33 bits per heavy atom. The molecule has 2 atom stereocenters. The molecule has 0 spiro atoms. The second-order valence-electron chi connectivity index (χ2n) is 7.86. The number of hydrogen-bond donors (Lipinski definition) is 2. The van der Waals surface area contributed by atoms with Gasteiger partial charge in [0.2, 0.25) is 0 Å². The fourth-order valence-corrected chi connectivity index (χ4v) is 3.56. The Morgan fingerprint density at radius 1 is 0.556 bits per heavy atom. The van der Waals surface area contributed by atoms with Crippen LogP contribution in [0.3, 0.4) is 0 Å². The first kappa shape index (κ1) is 21.7. The average Bonchev–Trinajstić information content (AvgIpc) is 2.68. The molecule has 0 aliphatic carbocycles. The summed E-state index contributed by atoms with van der Waals surface area (Å²) in [5.74, 6) is 0. The van der Waals surface area contributed by atoms with Crippen LogP contribution in [0.25, 0.3) is 0 Å². The molecule has 2 aromatic rings. The van der Waals surface area contributed by atoms with Crippen LogP contribution in [0.1, 0.15) is 57.1 Å². The molecule has 0 heterocycles. The second kappa shape index (κ2) is 13.5. The van der Waals surface area contributed by atoms with Crippen LogP contribution in [0.15, 0.2) is 60.7 Å². The maximum absolute atomic E-state index is 3.66. The lowest BCUT2D eigenvalue weighted by molar-refractivity contribution is 0.495. The molecule has 148 valence electrons. The maximum Gasteiger partial charge on any atom is 0.00791 e. The molecule has 0 aromatic heterocycles. The van der Waals surface area contributed by atoms with Crippen LogP contribution >= 0.6 is 0 Å². The van der Waals surface area contributed by atoms with E-state index in [1.807, 2.05) is 0 Å². The van der Waals surface area contributed by atoms with Gasteiger partial charge in [-0.15, -0.1) is 0 Å². The van der Waals surface area contributed by atoms with Crippen molar-refractivity contribution in [2.45, 2.75) is 70.9 Å². The summed E-state index contributed by atoms with van der Waals surface area (Å²) < 4.78 is 0. The Labute approximate surface area is 166 Å². The van der Waals surface area contributed by atoms with Crippen LogP contribution in [0.2, 0.25) is 0 Å². The highest BCUT2D eigenvalue weighted by atomic mass is 14.9. The van der Waals surface area contributed by atoms with Crippen molar-refractivity contribution < 1.29 is 0 Å². The van der Waals surface area contributed by atoms with E-state index >= 15 is 0 Å². The van der Waals surface area contributed by atoms with E-state index in [9.17, 15) is 0 Å². The van der Waals surface area contributed by atoms with Gasteiger partial charge in [0.15, 0.2) is 0 Å². The monoisotopic (exact) mass is 366 g/mol. The lowest BCUT2D eigenvalue weighted by Crippen LogP contribution is -2.29. The molecule has 2 N–H and O–H groups in total. The highest BCUT2D eigenvalue weighted by Crippen LogP contribution is 2.06. The fourth-order valence-electron chi connectivity index (χ4n) is 3.56. The first-order valence-electron chi connectivity index (χ1n) is 10.8. The van der Waals surface area contributed by atoms with Crippen molar-refractivity contribution in [3.63, 3.8) is 0 Å². The van der Waals surface area contributed by atoms with E-state index in [1.165, 1.54) is 43.2 Å². The van der Waals surface area contributed by atoms with Crippen molar-refractivity contribution in [2.75, 3.05) is 13.1 Å². The summed E-state index contributed by atoms with van der Waals surface area (Å²) >= 11 is 0. The molecular weight excluding hydrogens is 328 g/mol. The lowest BCUT2D eigenvalue weighted by Gasteiger charge is -2.14. The third kappa shape index (κ3) is 10.3.